The molecule has 0 spiro atoms. The first-order valence-electron chi connectivity index (χ1n) is 10.4. The Hall–Kier alpha value is -2.84. The van der Waals surface area contributed by atoms with Crippen LogP contribution in [-0.2, 0) is 14.3 Å². The van der Waals surface area contributed by atoms with E-state index in [0.717, 1.165) is 0 Å². The highest BCUT2D eigenvalue weighted by Crippen LogP contribution is 2.34. The Morgan fingerprint density at radius 2 is 2.09 bits per heavy atom. The topological polar surface area (TPSA) is 82.8 Å². The minimum atomic E-state index is -0.712. The summed E-state index contributed by atoms with van der Waals surface area (Å²) in [5.41, 5.74) is 2.21. The predicted octanol–water partition coefficient (Wildman–Crippen LogP) is 3.99. The molecule has 3 heterocycles. The number of ether oxygens (including phenoxy) is 2. The van der Waals surface area contributed by atoms with Gasteiger partial charge in [-0.2, -0.15) is 9.61 Å². The van der Waals surface area contributed by atoms with Crippen LogP contribution in [0.1, 0.15) is 42.6 Å². The van der Waals surface area contributed by atoms with Gasteiger partial charge in [0.25, 0.3) is 5.56 Å². The van der Waals surface area contributed by atoms with Crippen LogP contribution in [0.5, 0.6) is 0 Å². The van der Waals surface area contributed by atoms with Gasteiger partial charge in [-0.15, -0.1) is 0 Å². The largest absolute Gasteiger partial charge is 0.464 e. The Bertz CT molecular complexity index is 1260. The minimum absolute atomic E-state index is 0.176. The van der Waals surface area contributed by atoms with Crippen LogP contribution in [0.4, 0.5) is 4.39 Å². The molecule has 0 aliphatic carbocycles. The highest BCUT2D eigenvalue weighted by molar-refractivity contribution is 6.30. The van der Waals surface area contributed by atoms with E-state index in [1.54, 1.807) is 39.0 Å². The number of fused-ring (bicyclic) bond motifs is 1. The summed E-state index contributed by atoms with van der Waals surface area (Å²) in [4.78, 5) is 29.7. The molecule has 0 bridgehead atoms. The number of aryl methyl sites for hydroxylation is 1. The fourth-order valence-electron chi connectivity index (χ4n) is 3.89. The molecule has 0 amide bonds. The van der Waals surface area contributed by atoms with Crippen LogP contribution in [0.15, 0.2) is 29.1 Å². The van der Waals surface area contributed by atoms with Gasteiger partial charge in [-0.05, 0) is 57.9 Å². The summed E-state index contributed by atoms with van der Waals surface area (Å²) in [6, 6.07) is 6.10. The van der Waals surface area contributed by atoms with Crippen molar-refractivity contribution < 1.29 is 18.7 Å². The number of rotatable bonds is 4. The van der Waals surface area contributed by atoms with Crippen molar-refractivity contribution >= 4 is 23.2 Å². The van der Waals surface area contributed by atoms with Crippen molar-refractivity contribution in [1.82, 2.24) is 14.6 Å². The average molecular weight is 460 g/mol. The smallest absolute Gasteiger partial charge is 0.335 e. The van der Waals surface area contributed by atoms with Crippen LogP contribution in [0.3, 0.4) is 0 Å². The standard InChI is InChI=1S/C23H23ClFN3O4/c1-4-31-23(30)20-9-14(7-8-32-20)19-11-17(16-6-5-15(24)10-18(16)25)21-26-13(3)12(2)22(29)28(21)27-19/h5-6,10-11,14,20H,4,7-9H2,1-3H3. The molecule has 1 fully saturated rings. The quantitative estimate of drug-likeness (QED) is 0.548. The van der Waals surface area contributed by atoms with Crippen LogP contribution >= 0.6 is 11.6 Å². The molecule has 0 N–H and O–H groups in total. The number of carbonyl (C=O) groups is 1. The van der Waals surface area contributed by atoms with Gasteiger partial charge in [-0.25, -0.2) is 14.2 Å². The lowest BCUT2D eigenvalue weighted by Gasteiger charge is -2.28. The second-order valence-electron chi connectivity index (χ2n) is 7.80. The highest BCUT2D eigenvalue weighted by Gasteiger charge is 2.32. The van der Waals surface area contributed by atoms with Crippen molar-refractivity contribution in [3.63, 3.8) is 0 Å². The first-order chi connectivity index (χ1) is 15.3. The van der Waals surface area contributed by atoms with Gasteiger partial charge in [-0.1, -0.05) is 11.6 Å². The molecule has 2 unspecified atom stereocenters. The Labute approximate surface area is 189 Å². The molecule has 1 aromatic carbocycles. The molecule has 1 aliphatic rings. The van der Waals surface area contributed by atoms with Gasteiger partial charge in [0.05, 0.1) is 12.3 Å². The van der Waals surface area contributed by atoms with Crippen molar-refractivity contribution in [2.75, 3.05) is 13.2 Å². The molecule has 1 saturated heterocycles. The fourth-order valence-corrected chi connectivity index (χ4v) is 4.05. The molecular weight excluding hydrogens is 437 g/mol. The van der Waals surface area contributed by atoms with Gasteiger partial charge < -0.3 is 9.47 Å². The number of hydrogen-bond donors (Lipinski definition) is 0. The summed E-state index contributed by atoms with van der Waals surface area (Å²) >= 11 is 5.94. The lowest BCUT2D eigenvalue weighted by atomic mass is 9.91. The minimum Gasteiger partial charge on any atom is -0.464 e. The summed E-state index contributed by atoms with van der Waals surface area (Å²) in [5.74, 6) is -1.13. The number of carbonyl (C=O) groups excluding carboxylic acids is 1. The van der Waals surface area contributed by atoms with Crippen LogP contribution in [0.25, 0.3) is 16.8 Å². The highest BCUT2D eigenvalue weighted by atomic mass is 35.5. The summed E-state index contributed by atoms with van der Waals surface area (Å²) in [7, 11) is 0. The van der Waals surface area contributed by atoms with E-state index in [1.165, 1.54) is 10.6 Å². The van der Waals surface area contributed by atoms with Crippen LogP contribution < -0.4 is 5.56 Å². The zero-order valence-corrected chi connectivity index (χ0v) is 18.8. The van der Waals surface area contributed by atoms with Crippen LogP contribution in [-0.4, -0.2) is 39.9 Å². The van der Waals surface area contributed by atoms with E-state index in [0.29, 0.717) is 42.0 Å². The van der Waals surface area contributed by atoms with E-state index < -0.39 is 17.9 Å². The second kappa shape index (κ2) is 8.96. The molecule has 32 heavy (non-hydrogen) atoms. The summed E-state index contributed by atoms with van der Waals surface area (Å²) in [6.07, 6.45) is 0.244. The third-order valence-electron chi connectivity index (χ3n) is 5.75. The van der Waals surface area contributed by atoms with Crippen LogP contribution in [0.2, 0.25) is 5.02 Å². The Morgan fingerprint density at radius 3 is 2.81 bits per heavy atom. The lowest BCUT2D eigenvalue weighted by Crippen LogP contribution is -2.34. The molecule has 4 rings (SSSR count). The maximum atomic E-state index is 14.9. The van der Waals surface area contributed by atoms with E-state index >= 15 is 0 Å². The molecule has 2 atom stereocenters. The SMILES string of the molecule is CCOC(=O)C1CC(c2cc(-c3ccc(Cl)cc3F)c3nc(C)c(C)c(=O)n3n2)CCO1. The zero-order valence-electron chi connectivity index (χ0n) is 18.0. The molecule has 1 aliphatic heterocycles. The lowest BCUT2D eigenvalue weighted by molar-refractivity contribution is -0.160. The number of halogens is 2. The van der Waals surface area contributed by atoms with E-state index in [2.05, 4.69) is 10.1 Å². The van der Waals surface area contributed by atoms with Gasteiger partial charge >= 0.3 is 5.97 Å². The van der Waals surface area contributed by atoms with E-state index in [-0.39, 0.29) is 34.3 Å². The Morgan fingerprint density at radius 1 is 1.31 bits per heavy atom. The van der Waals surface area contributed by atoms with E-state index in [1.807, 2.05) is 0 Å². The molecule has 7 nitrogen and oxygen atoms in total. The number of benzene rings is 1. The number of hydrogen-bond acceptors (Lipinski definition) is 6. The van der Waals surface area contributed by atoms with Crippen molar-refractivity contribution in [2.24, 2.45) is 0 Å². The number of nitrogens with zero attached hydrogens (tertiary/aromatic N) is 3. The molecule has 0 radical (unpaired) electrons. The average Bonchev–Trinajstić information content (AvgIpc) is 2.78. The number of esters is 1. The maximum Gasteiger partial charge on any atom is 0.335 e. The maximum absolute atomic E-state index is 14.9. The predicted molar refractivity (Wildman–Crippen MR) is 117 cm³/mol. The number of aromatic nitrogens is 3. The third kappa shape index (κ3) is 4.12. The summed E-state index contributed by atoms with van der Waals surface area (Å²) < 4.78 is 26.8. The van der Waals surface area contributed by atoms with E-state index in [4.69, 9.17) is 21.1 Å². The molecule has 2 aromatic heterocycles. The van der Waals surface area contributed by atoms with Crippen molar-refractivity contribution in [3.05, 3.63) is 62.4 Å². The van der Waals surface area contributed by atoms with Gasteiger partial charge in [-0.3, -0.25) is 4.79 Å². The Balaban J connectivity index is 1.89. The molecule has 168 valence electrons. The van der Waals surface area contributed by atoms with Crippen LogP contribution in [0, 0.1) is 19.7 Å². The monoisotopic (exact) mass is 459 g/mol. The second-order valence-corrected chi connectivity index (χ2v) is 8.24. The molecular formula is C23H23ClFN3O4. The third-order valence-corrected chi connectivity index (χ3v) is 5.99. The fraction of sp³-hybridized carbons (Fsp3) is 0.391. The zero-order chi connectivity index (χ0) is 23.0. The Kier molecular flexibility index (Phi) is 6.26. The summed E-state index contributed by atoms with van der Waals surface area (Å²) in [5, 5.41) is 4.83. The normalized spacial score (nSPS) is 18.7. The van der Waals surface area contributed by atoms with E-state index in [9.17, 15) is 14.0 Å². The van der Waals surface area contributed by atoms with Gasteiger partial charge in [0.2, 0.25) is 0 Å². The van der Waals surface area contributed by atoms with Crippen molar-refractivity contribution in [3.8, 4) is 11.1 Å². The van der Waals surface area contributed by atoms with Gasteiger partial charge in [0, 0.05) is 39.9 Å². The van der Waals surface area contributed by atoms with Gasteiger partial charge in [0.15, 0.2) is 11.8 Å². The summed E-state index contributed by atoms with van der Waals surface area (Å²) in [6.45, 7) is 5.75. The molecule has 3 aromatic rings. The molecule has 9 heteroatoms. The van der Waals surface area contributed by atoms with Crippen molar-refractivity contribution in [1.29, 1.82) is 0 Å². The molecule has 0 saturated carbocycles. The van der Waals surface area contributed by atoms with Crippen molar-refractivity contribution in [2.45, 2.75) is 45.6 Å². The first kappa shape index (κ1) is 22.4. The first-order valence-corrected chi connectivity index (χ1v) is 10.8. The van der Waals surface area contributed by atoms with Gasteiger partial charge in [0.1, 0.15) is 5.82 Å².